The van der Waals surface area contributed by atoms with Crippen molar-refractivity contribution in [3.63, 3.8) is 0 Å². The Kier molecular flexibility index (Phi) is 13.9. The first-order chi connectivity index (χ1) is 22.9. The third-order valence-corrected chi connectivity index (χ3v) is 9.14. The standard InChI is InChI=1S/C30H46N5O11P/c1-5-9-20(10-6-2)28(38)41-18-44-47(40,45-19-42-29(39)21(11-7-3)12-8-4)43-15-23-25(36)26(37)30(16-31,46-23)24-14-13-22-27(32)33-17-34-35(22)24/h13-14,17,20-21,23,25-26,36-37H,5-12,15,18-19H2,1-4H3,(H2,32,33,34)/t23-,25-,26-,30+/m1/s1/i13D. The summed E-state index contributed by atoms with van der Waals surface area (Å²) >= 11 is 0. The van der Waals surface area contributed by atoms with Crippen LogP contribution in [0.1, 0.15) is 86.1 Å². The minimum absolute atomic E-state index is 0.0442. The molecule has 4 atom stereocenters. The van der Waals surface area contributed by atoms with Gasteiger partial charge in [-0.05, 0) is 37.8 Å². The number of nitrogens with zero attached hydrogens (tertiary/aromatic N) is 4. The van der Waals surface area contributed by atoms with E-state index in [4.69, 9.17) is 34.9 Å². The lowest BCUT2D eigenvalue weighted by Crippen LogP contribution is -2.41. The number of rotatable bonds is 20. The maximum Gasteiger partial charge on any atom is 0.480 e. The number of esters is 2. The molecule has 0 radical (unpaired) electrons. The average Bonchev–Trinajstić information content (AvgIpc) is 3.53. The fourth-order valence-corrected chi connectivity index (χ4v) is 6.34. The van der Waals surface area contributed by atoms with Crippen molar-refractivity contribution in [3.8, 4) is 6.07 Å². The highest BCUT2D eigenvalue weighted by atomic mass is 31.2. The number of aliphatic hydroxyl groups is 2. The van der Waals surface area contributed by atoms with E-state index >= 15 is 0 Å². The number of phosphoric ester groups is 1. The Morgan fingerprint density at radius 2 is 1.60 bits per heavy atom. The van der Waals surface area contributed by atoms with Gasteiger partial charge in [-0.25, -0.2) is 23.1 Å². The first kappa shape index (κ1) is 36.7. The second-order valence-corrected chi connectivity index (χ2v) is 12.9. The Labute approximate surface area is 275 Å². The predicted octanol–water partition coefficient (Wildman–Crippen LogP) is 3.74. The summed E-state index contributed by atoms with van der Waals surface area (Å²) < 4.78 is 55.2. The number of carbonyl (C=O) groups excluding carboxylic acids is 2. The number of nitrogen functional groups attached to an aromatic ring is 1. The zero-order valence-electron chi connectivity index (χ0n) is 28.2. The molecule has 0 aliphatic carbocycles. The van der Waals surface area contributed by atoms with Crippen molar-refractivity contribution in [1.29, 1.82) is 5.26 Å². The van der Waals surface area contributed by atoms with Crippen LogP contribution < -0.4 is 5.73 Å². The minimum Gasteiger partial charge on any atom is -0.438 e. The van der Waals surface area contributed by atoms with Crippen LogP contribution in [0.4, 0.5) is 5.82 Å². The lowest BCUT2D eigenvalue weighted by Gasteiger charge is -2.24. The fraction of sp³-hybridized carbons (Fsp3) is 0.700. The van der Waals surface area contributed by atoms with Gasteiger partial charge < -0.3 is 30.2 Å². The number of carbonyl (C=O) groups is 2. The Bertz CT molecular complexity index is 1420. The van der Waals surface area contributed by atoms with Gasteiger partial charge in [0.15, 0.2) is 5.82 Å². The zero-order chi connectivity index (χ0) is 35.5. The molecule has 3 heterocycles. The highest BCUT2D eigenvalue weighted by Crippen LogP contribution is 2.51. The number of ether oxygens (including phenoxy) is 3. The van der Waals surface area contributed by atoms with Crippen molar-refractivity contribution < 1.29 is 53.5 Å². The topological polar surface area (TPSA) is 227 Å². The minimum atomic E-state index is -4.70. The SMILES string of the molecule is [2H]c1cc([C@]2(C#N)O[C@H](COP(=O)(OCOC(=O)C(CCC)CCC)OCOC(=O)C(CCC)CCC)[C@@H](O)[C@H]2O)n2ncnc(N)c12. The first-order valence-electron chi connectivity index (χ1n) is 16.3. The Hall–Kier alpha value is -3.16. The first-order valence-corrected chi connectivity index (χ1v) is 17.3. The second kappa shape index (κ2) is 17.8. The number of fused-ring (bicyclic) bond motifs is 1. The molecule has 1 fully saturated rings. The molecule has 16 nitrogen and oxygen atoms in total. The van der Waals surface area contributed by atoms with Crippen molar-refractivity contribution in [1.82, 2.24) is 14.6 Å². The average molecular weight is 685 g/mol. The molecule has 3 rings (SSSR count). The Morgan fingerprint density at radius 3 is 2.09 bits per heavy atom. The van der Waals surface area contributed by atoms with E-state index in [9.17, 15) is 29.6 Å². The normalized spacial score (nSPS) is 21.7. The third-order valence-electron chi connectivity index (χ3n) is 7.83. The molecule has 17 heteroatoms. The third kappa shape index (κ3) is 9.26. The van der Waals surface area contributed by atoms with E-state index in [0.29, 0.717) is 25.7 Å². The molecule has 4 N–H and O–H groups in total. The molecule has 0 spiro atoms. The molecule has 1 saturated heterocycles. The van der Waals surface area contributed by atoms with E-state index in [1.807, 2.05) is 33.8 Å². The van der Waals surface area contributed by atoms with Crippen LogP contribution in [-0.4, -0.2) is 75.3 Å². The van der Waals surface area contributed by atoms with Crippen LogP contribution >= 0.6 is 7.82 Å². The molecule has 1 aliphatic rings. The molecule has 0 saturated carbocycles. The molecular formula is C30H46N5O11P. The molecule has 0 aromatic carbocycles. The summed E-state index contributed by atoms with van der Waals surface area (Å²) in [5.74, 6) is -1.97. The molecule has 47 heavy (non-hydrogen) atoms. The summed E-state index contributed by atoms with van der Waals surface area (Å²) in [6.07, 6.45) is 1.24. The van der Waals surface area contributed by atoms with Crippen LogP contribution in [0.15, 0.2) is 18.4 Å². The van der Waals surface area contributed by atoms with Gasteiger partial charge in [-0.3, -0.25) is 14.1 Å². The number of hydrogen-bond acceptors (Lipinski definition) is 15. The van der Waals surface area contributed by atoms with Crippen LogP contribution in [0.2, 0.25) is 0 Å². The highest BCUT2D eigenvalue weighted by Gasteiger charge is 2.58. The van der Waals surface area contributed by atoms with E-state index in [2.05, 4.69) is 10.1 Å². The molecule has 1 aliphatic heterocycles. The van der Waals surface area contributed by atoms with Crippen molar-refractivity contribution in [2.24, 2.45) is 11.8 Å². The van der Waals surface area contributed by atoms with E-state index in [0.717, 1.165) is 36.5 Å². The quantitative estimate of drug-likeness (QED) is 0.103. The molecule has 0 unspecified atom stereocenters. The number of anilines is 1. The predicted molar refractivity (Wildman–Crippen MR) is 166 cm³/mol. The molecule has 0 bridgehead atoms. The zero-order valence-corrected chi connectivity index (χ0v) is 28.1. The van der Waals surface area contributed by atoms with Crippen molar-refractivity contribution >= 4 is 31.1 Å². The number of nitrogens with two attached hydrogens (primary N) is 1. The maximum absolute atomic E-state index is 13.7. The van der Waals surface area contributed by atoms with Crippen LogP contribution in [0.3, 0.4) is 0 Å². The number of aromatic nitrogens is 3. The smallest absolute Gasteiger partial charge is 0.438 e. The van der Waals surface area contributed by atoms with E-state index in [-0.39, 0.29) is 23.1 Å². The van der Waals surface area contributed by atoms with Crippen molar-refractivity contribution in [2.75, 3.05) is 25.9 Å². The maximum atomic E-state index is 13.7. The van der Waals surface area contributed by atoms with Crippen molar-refractivity contribution in [3.05, 3.63) is 24.1 Å². The van der Waals surface area contributed by atoms with Crippen LogP contribution in [0.25, 0.3) is 5.52 Å². The van der Waals surface area contributed by atoms with Crippen LogP contribution in [0.5, 0.6) is 0 Å². The van der Waals surface area contributed by atoms with E-state index in [1.54, 1.807) is 0 Å². The number of nitriles is 1. The van der Waals surface area contributed by atoms with E-state index in [1.165, 1.54) is 6.07 Å². The Balaban J connectivity index is 1.78. The summed E-state index contributed by atoms with van der Waals surface area (Å²) in [4.78, 5) is 29.1. The number of aliphatic hydroxyl groups excluding tert-OH is 2. The molecule has 2 aromatic heterocycles. The van der Waals surface area contributed by atoms with Gasteiger partial charge in [0.1, 0.15) is 36.2 Å². The Morgan fingerprint density at radius 1 is 1.06 bits per heavy atom. The molecule has 0 amide bonds. The summed E-state index contributed by atoms with van der Waals surface area (Å²) in [5, 5.41) is 36.1. The monoisotopic (exact) mass is 684 g/mol. The number of phosphoric acid groups is 1. The summed E-state index contributed by atoms with van der Waals surface area (Å²) in [7, 11) is -4.70. The van der Waals surface area contributed by atoms with Gasteiger partial charge in [0, 0.05) is 0 Å². The summed E-state index contributed by atoms with van der Waals surface area (Å²) in [5.41, 5.74) is 3.53. The van der Waals surface area contributed by atoms with Gasteiger partial charge in [-0.1, -0.05) is 53.4 Å². The second-order valence-electron chi connectivity index (χ2n) is 11.2. The lowest BCUT2D eigenvalue weighted by atomic mass is 9.92. The van der Waals surface area contributed by atoms with Gasteiger partial charge in [0.25, 0.3) is 0 Å². The fourth-order valence-electron chi connectivity index (χ4n) is 5.43. The lowest BCUT2D eigenvalue weighted by molar-refractivity contribution is -0.159. The molecule has 2 aromatic rings. The van der Waals surface area contributed by atoms with Gasteiger partial charge in [0.05, 0.1) is 25.5 Å². The van der Waals surface area contributed by atoms with Gasteiger partial charge in [-0.15, -0.1) is 0 Å². The van der Waals surface area contributed by atoms with Gasteiger partial charge in [0.2, 0.25) is 19.2 Å². The number of hydrogen-bond donors (Lipinski definition) is 3. The highest BCUT2D eigenvalue weighted by molar-refractivity contribution is 7.48. The van der Waals surface area contributed by atoms with Gasteiger partial charge in [-0.2, -0.15) is 10.4 Å². The largest absolute Gasteiger partial charge is 0.480 e. The van der Waals surface area contributed by atoms with Gasteiger partial charge >= 0.3 is 19.8 Å². The van der Waals surface area contributed by atoms with E-state index < -0.39 is 75.7 Å². The van der Waals surface area contributed by atoms with Crippen molar-refractivity contribution in [2.45, 2.75) is 103 Å². The summed E-state index contributed by atoms with van der Waals surface area (Å²) in [6.45, 7) is 5.30. The van der Waals surface area contributed by atoms with Crippen LogP contribution in [-0.2, 0) is 47.5 Å². The van der Waals surface area contributed by atoms with Crippen LogP contribution in [0, 0.1) is 23.2 Å². The summed E-state index contributed by atoms with van der Waals surface area (Å²) in [6, 6.07) is 2.87. The molecular weight excluding hydrogens is 637 g/mol. The molecule has 262 valence electrons.